The molecule has 0 radical (unpaired) electrons. The minimum atomic E-state index is -0.964. The summed E-state index contributed by atoms with van der Waals surface area (Å²) in [6.45, 7) is 1.91. The third-order valence-electron chi connectivity index (χ3n) is 3.07. The molecule has 1 aromatic heterocycles. The maximum Gasteiger partial charge on any atom is 0.352 e. The monoisotopic (exact) mass is 249 g/mol. The lowest BCUT2D eigenvalue weighted by molar-refractivity contribution is 0.0687. The Bertz CT molecular complexity index is 628. The highest BCUT2D eigenvalue weighted by Gasteiger charge is 2.19. The van der Waals surface area contributed by atoms with Crippen LogP contribution in [0.3, 0.4) is 0 Å². The van der Waals surface area contributed by atoms with Crippen molar-refractivity contribution in [2.75, 3.05) is 14.2 Å². The molecule has 0 aliphatic heterocycles. The normalized spacial score (nSPS) is 10.7. The molecule has 0 bridgehead atoms. The molecule has 5 heteroatoms. The third-order valence-corrected chi connectivity index (χ3v) is 3.07. The molecule has 18 heavy (non-hydrogen) atoms. The molecule has 2 rings (SSSR count). The summed E-state index contributed by atoms with van der Waals surface area (Å²) < 4.78 is 12.2. The summed E-state index contributed by atoms with van der Waals surface area (Å²) in [5.41, 5.74) is 2.00. The van der Waals surface area contributed by atoms with Crippen molar-refractivity contribution in [2.45, 2.75) is 6.92 Å². The van der Waals surface area contributed by atoms with Crippen molar-refractivity contribution in [3.8, 4) is 11.5 Å². The van der Waals surface area contributed by atoms with Crippen LogP contribution in [0.1, 0.15) is 16.1 Å². The van der Waals surface area contributed by atoms with E-state index in [1.54, 1.807) is 31.9 Å². The molecule has 1 aromatic carbocycles. The van der Waals surface area contributed by atoms with E-state index in [0.29, 0.717) is 11.5 Å². The van der Waals surface area contributed by atoms with Gasteiger partial charge in [0.2, 0.25) is 0 Å². The number of carboxylic acids is 1. The number of carbonyl (C=O) groups is 1. The van der Waals surface area contributed by atoms with Gasteiger partial charge in [-0.05, 0) is 24.6 Å². The quantitative estimate of drug-likeness (QED) is 0.905. The lowest BCUT2D eigenvalue weighted by atomic mass is 10.1. The Kier molecular flexibility index (Phi) is 2.90. The van der Waals surface area contributed by atoms with Gasteiger partial charge in [0.15, 0.2) is 11.5 Å². The lowest BCUT2D eigenvalue weighted by Gasteiger charge is -2.11. The number of ether oxygens (including phenoxy) is 2. The van der Waals surface area contributed by atoms with Gasteiger partial charge < -0.3 is 19.1 Å². The van der Waals surface area contributed by atoms with Gasteiger partial charge >= 0.3 is 5.97 Å². The first kappa shape index (κ1) is 12.3. The topological polar surface area (TPSA) is 60.7 Å². The Morgan fingerprint density at radius 2 is 1.94 bits per heavy atom. The second kappa shape index (κ2) is 4.25. The average molecular weight is 249 g/mol. The van der Waals surface area contributed by atoms with Gasteiger partial charge in [0, 0.05) is 12.4 Å². The van der Waals surface area contributed by atoms with Crippen LogP contribution in [0.5, 0.6) is 11.5 Å². The summed E-state index contributed by atoms with van der Waals surface area (Å²) in [5, 5.41) is 9.90. The second-order valence-electron chi connectivity index (χ2n) is 4.09. The van der Waals surface area contributed by atoms with Crippen molar-refractivity contribution in [2.24, 2.45) is 7.05 Å². The number of hydrogen-bond donors (Lipinski definition) is 1. The molecule has 0 unspecified atom stereocenters. The zero-order valence-electron chi connectivity index (χ0n) is 10.8. The Labute approximate surface area is 105 Å². The molecule has 2 aromatic rings. The Hall–Kier alpha value is -2.17. The van der Waals surface area contributed by atoms with Crippen LogP contribution in [-0.4, -0.2) is 29.9 Å². The van der Waals surface area contributed by atoms with Gasteiger partial charge in [-0.25, -0.2) is 4.79 Å². The van der Waals surface area contributed by atoms with Crippen LogP contribution < -0.4 is 9.47 Å². The van der Waals surface area contributed by atoms with E-state index in [1.807, 2.05) is 13.0 Å². The molecular weight excluding hydrogens is 234 g/mol. The number of fused-ring (bicyclic) bond motifs is 1. The number of hydrogen-bond acceptors (Lipinski definition) is 3. The molecule has 0 fully saturated rings. The van der Waals surface area contributed by atoms with Crippen LogP contribution in [0.2, 0.25) is 0 Å². The standard InChI is InChI=1S/C13H15NO4/c1-7-5-10(17-3)12(18-4)8-6-9(13(15)16)14(2)11(7)8/h5-6H,1-4H3,(H,15,16). The van der Waals surface area contributed by atoms with E-state index in [9.17, 15) is 4.79 Å². The zero-order chi connectivity index (χ0) is 13.4. The fourth-order valence-corrected chi connectivity index (χ4v) is 2.28. The first-order chi connectivity index (χ1) is 8.51. The van der Waals surface area contributed by atoms with Crippen molar-refractivity contribution in [1.82, 2.24) is 4.57 Å². The number of aryl methyl sites for hydroxylation is 2. The van der Waals surface area contributed by atoms with Crippen molar-refractivity contribution in [1.29, 1.82) is 0 Å². The van der Waals surface area contributed by atoms with Gasteiger partial charge in [-0.15, -0.1) is 0 Å². The molecule has 5 nitrogen and oxygen atoms in total. The SMILES string of the molecule is COc1cc(C)c2c(cc(C(=O)O)n2C)c1OC. The van der Waals surface area contributed by atoms with Gasteiger partial charge in [-0.3, -0.25) is 0 Å². The van der Waals surface area contributed by atoms with Gasteiger partial charge in [0.05, 0.1) is 19.7 Å². The highest BCUT2D eigenvalue weighted by Crippen LogP contribution is 2.38. The molecule has 0 aliphatic carbocycles. The van der Waals surface area contributed by atoms with E-state index in [-0.39, 0.29) is 5.69 Å². The first-order valence-electron chi connectivity index (χ1n) is 5.45. The molecule has 0 saturated heterocycles. The molecule has 96 valence electrons. The third kappa shape index (κ3) is 1.59. The number of benzene rings is 1. The summed E-state index contributed by atoms with van der Waals surface area (Å²) in [7, 11) is 4.83. The smallest absolute Gasteiger partial charge is 0.352 e. The molecule has 0 spiro atoms. The van der Waals surface area contributed by atoms with E-state index in [4.69, 9.17) is 14.6 Å². The van der Waals surface area contributed by atoms with Crippen LogP contribution in [-0.2, 0) is 7.05 Å². The zero-order valence-corrected chi connectivity index (χ0v) is 10.8. The van der Waals surface area contributed by atoms with Crippen molar-refractivity contribution >= 4 is 16.9 Å². The highest BCUT2D eigenvalue weighted by molar-refractivity contribution is 5.99. The van der Waals surface area contributed by atoms with E-state index >= 15 is 0 Å². The molecule has 0 amide bonds. The van der Waals surface area contributed by atoms with Crippen molar-refractivity contribution < 1.29 is 19.4 Å². The fourth-order valence-electron chi connectivity index (χ4n) is 2.28. The van der Waals surface area contributed by atoms with Crippen molar-refractivity contribution in [3.63, 3.8) is 0 Å². The van der Waals surface area contributed by atoms with Gasteiger partial charge in [0.25, 0.3) is 0 Å². The molecular formula is C13H15NO4. The van der Waals surface area contributed by atoms with Crippen LogP contribution in [0.4, 0.5) is 0 Å². The minimum absolute atomic E-state index is 0.222. The summed E-state index contributed by atoms with van der Waals surface area (Å²) in [6, 6.07) is 3.44. The van der Waals surface area contributed by atoms with Gasteiger partial charge in [-0.1, -0.05) is 0 Å². The Morgan fingerprint density at radius 1 is 1.28 bits per heavy atom. The number of rotatable bonds is 3. The Morgan fingerprint density at radius 3 is 2.44 bits per heavy atom. The summed E-state index contributed by atoms with van der Waals surface area (Å²) in [5.74, 6) is 0.195. The van der Waals surface area contributed by atoms with Crippen LogP contribution in [0.15, 0.2) is 12.1 Å². The minimum Gasteiger partial charge on any atom is -0.493 e. The van der Waals surface area contributed by atoms with Gasteiger partial charge in [0.1, 0.15) is 5.69 Å². The number of nitrogens with zero attached hydrogens (tertiary/aromatic N) is 1. The highest BCUT2D eigenvalue weighted by atomic mass is 16.5. The van der Waals surface area contributed by atoms with E-state index in [1.165, 1.54) is 0 Å². The number of carboxylic acid groups (broad SMARTS) is 1. The maximum absolute atomic E-state index is 11.2. The van der Waals surface area contributed by atoms with Gasteiger partial charge in [-0.2, -0.15) is 0 Å². The average Bonchev–Trinajstić information content (AvgIpc) is 2.67. The lowest BCUT2D eigenvalue weighted by Crippen LogP contribution is -2.04. The van der Waals surface area contributed by atoms with Crippen LogP contribution in [0.25, 0.3) is 10.9 Å². The molecule has 0 saturated carbocycles. The van der Waals surface area contributed by atoms with Crippen molar-refractivity contribution in [3.05, 3.63) is 23.4 Å². The first-order valence-corrected chi connectivity index (χ1v) is 5.45. The largest absolute Gasteiger partial charge is 0.493 e. The number of methoxy groups -OCH3 is 2. The van der Waals surface area contributed by atoms with E-state index < -0.39 is 5.97 Å². The Balaban J connectivity index is 2.91. The van der Waals surface area contributed by atoms with E-state index in [2.05, 4.69) is 0 Å². The fraction of sp³-hybridized carbons (Fsp3) is 0.308. The molecule has 0 atom stereocenters. The molecule has 1 N–H and O–H groups in total. The predicted octanol–water partition coefficient (Wildman–Crippen LogP) is 2.20. The number of aromatic nitrogens is 1. The predicted molar refractivity (Wildman–Crippen MR) is 67.7 cm³/mol. The van der Waals surface area contributed by atoms with Crippen LogP contribution in [0, 0.1) is 6.92 Å². The number of aromatic carboxylic acids is 1. The summed E-state index contributed by atoms with van der Waals surface area (Å²) in [6.07, 6.45) is 0. The molecule has 1 heterocycles. The van der Waals surface area contributed by atoms with E-state index in [0.717, 1.165) is 16.5 Å². The summed E-state index contributed by atoms with van der Waals surface area (Å²) >= 11 is 0. The summed E-state index contributed by atoms with van der Waals surface area (Å²) in [4.78, 5) is 11.2. The second-order valence-corrected chi connectivity index (χ2v) is 4.09. The molecule has 0 aliphatic rings. The maximum atomic E-state index is 11.2. The van der Waals surface area contributed by atoms with Crippen LogP contribution >= 0.6 is 0 Å².